The van der Waals surface area contributed by atoms with Crippen LogP contribution in [0.25, 0.3) is 0 Å². The molecule has 0 fully saturated rings. The molecule has 0 spiro atoms. The summed E-state index contributed by atoms with van der Waals surface area (Å²) in [6.45, 7) is 2.98. The van der Waals surface area contributed by atoms with Crippen molar-refractivity contribution >= 4 is 21.9 Å². The number of hydrogen-bond donors (Lipinski definition) is 1. The Labute approximate surface area is 144 Å². The average molecular weight is 379 g/mol. The molecule has 2 aromatic carbocycles. The van der Waals surface area contributed by atoms with Crippen molar-refractivity contribution in [1.82, 2.24) is 0 Å². The van der Waals surface area contributed by atoms with Gasteiger partial charge in [-0.05, 0) is 30.2 Å². The van der Waals surface area contributed by atoms with Gasteiger partial charge in [0.1, 0.15) is 11.9 Å². The molecule has 1 unspecified atom stereocenters. The van der Waals surface area contributed by atoms with Crippen LogP contribution >= 0.6 is 15.9 Å². The van der Waals surface area contributed by atoms with Gasteiger partial charge in [0.25, 0.3) is 0 Å². The number of hydrogen-bond acceptors (Lipinski definition) is 3. The molecule has 4 nitrogen and oxygen atoms in total. The predicted molar refractivity (Wildman–Crippen MR) is 91.9 cm³/mol. The highest BCUT2D eigenvalue weighted by Gasteiger charge is 2.12. The maximum atomic E-state index is 11.1. The maximum absolute atomic E-state index is 11.1. The number of halogens is 1. The fourth-order valence-electron chi connectivity index (χ4n) is 2.06. The van der Waals surface area contributed by atoms with Crippen LogP contribution in [0.5, 0.6) is 5.75 Å². The second-order valence-electron chi connectivity index (χ2n) is 5.13. The van der Waals surface area contributed by atoms with Crippen molar-refractivity contribution in [3.8, 4) is 5.75 Å². The molecule has 2 rings (SSSR count). The fourth-order valence-corrected chi connectivity index (χ4v) is 2.54. The van der Waals surface area contributed by atoms with Gasteiger partial charge in [-0.25, -0.2) is 4.79 Å². The van der Waals surface area contributed by atoms with Crippen molar-refractivity contribution < 1.29 is 19.4 Å². The highest BCUT2D eigenvalue weighted by atomic mass is 79.9. The molecule has 0 aromatic heterocycles. The summed E-state index contributed by atoms with van der Waals surface area (Å²) in [6, 6.07) is 14.8. The minimum Gasteiger partial charge on any atom is -0.488 e. The van der Waals surface area contributed by atoms with Gasteiger partial charge in [-0.1, -0.05) is 53.2 Å². The van der Waals surface area contributed by atoms with Gasteiger partial charge in [0.2, 0.25) is 0 Å². The van der Waals surface area contributed by atoms with Gasteiger partial charge in [0.05, 0.1) is 18.8 Å². The van der Waals surface area contributed by atoms with Crippen molar-refractivity contribution in [3.05, 3.63) is 64.1 Å². The fraction of sp³-hybridized carbons (Fsp3) is 0.278. The van der Waals surface area contributed by atoms with Gasteiger partial charge in [-0.15, -0.1) is 0 Å². The van der Waals surface area contributed by atoms with Gasteiger partial charge in [0, 0.05) is 4.47 Å². The number of ether oxygens (including phenoxy) is 2. The number of rotatable bonds is 8. The monoisotopic (exact) mass is 378 g/mol. The van der Waals surface area contributed by atoms with E-state index in [4.69, 9.17) is 14.6 Å². The Balaban J connectivity index is 1.92. The topological polar surface area (TPSA) is 55.8 Å². The Morgan fingerprint density at radius 3 is 2.61 bits per heavy atom. The summed E-state index contributed by atoms with van der Waals surface area (Å²) in [6.07, 6.45) is 0.638. The lowest BCUT2D eigenvalue weighted by Gasteiger charge is -2.18. The molecule has 122 valence electrons. The zero-order valence-corrected chi connectivity index (χ0v) is 14.5. The molecule has 0 aliphatic carbocycles. The zero-order chi connectivity index (χ0) is 16.7. The van der Waals surface area contributed by atoms with E-state index in [0.717, 1.165) is 12.0 Å². The van der Waals surface area contributed by atoms with Crippen molar-refractivity contribution in [2.75, 3.05) is 6.61 Å². The molecule has 2 aromatic rings. The van der Waals surface area contributed by atoms with Crippen LogP contribution in [-0.2, 0) is 11.3 Å². The second-order valence-corrected chi connectivity index (χ2v) is 6.05. The Morgan fingerprint density at radius 2 is 1.96 bits per heavy atom. The van der Waals surface area contributed by atoms with Crippen molar-refractivity contribution in [1.29, 1.82) is 0 Å². The van der Waals surface area contributed by atoms with E-state index in [9.17, 15) is 4.79 Å². The molecule has 0 heterocycles. The van der Waals surface area contributed by atoms with E-state index in [2.05, 4.69) is 15.9 Å². The molecule has 1 N–H and O–H groups in total. The van der Waals surface area contributed by atoms with Gasteiger partial charge in [-0.3, -0.25) is 0 Å². The summed E-state index contributed by atoms with van der Waals surface area (Å²) >= 11 is 3.30. The minimum atomic E-state index is -0.982. The smallest absolute Gasteiger partial charge is 0.335 e. The number of benzene rings is 2. The number of carboxylic acid groups (broad SMARTS) is 1. The van der Waals surface area contributed by atoms with Crippen LogP contribution in [0.15, 0.2) is 53.0 Å². The Morgan fingerprint density at radius 1 is 1.22 bits per heavy atom. The minimum absolute atomic E-state index is 0.130. The summed E-state index contributed by atoms with van der Waals surface area (Å²) in [4.78, 5) is 11.1. The first-order valence-corrected chi connectivity index (χ1v) is 8.20. The Bertz CT molecular complexity index is 643. The average Bonchev–Trinajstić information content (AvgIpc) is 2.54. The quantitative estimate of drug-likeness (QED) is 0.733. The van der Waals surface area contributed by atoms with Crippen LogP contribution < -0.4 is 4.74 Å². The summed E-state index contributed by atoms with van der Waals surface area (Å²) in [5.74, 6) is -0.462. The first kappa shape index (κ1) is 17.5. The number of aromatic carboxylic acids is 1. The van der Waals surface area contributed by atoms with Crippen LogP contribution in [0, 0.1) is 0 Å². The zero-order valence-electron chi connectivity index (χ0n) is 12.9. The lowest BCUT2D eigenvalue weighted by atomic mass is 10.2. The number of carbonyl (C=O) groups is 1. The van der Waals surface area contributed by atoms with E-state index in [0.29, 0.717) is 23.4 Å². The van der Waals surface area contributed by atoms with Crippen molar-refractivity contribution in [3.63, 3.8) is 0 Å². The predicted octanol–water partition coefficient (Wildman–Crippen LogP) is 4.52. The van der Waals surface area contributed by atoms with E-state index < -0.39 is 5.97 Å². The van der Waals surface area contributed by atoms with Crippen LogP contribution in [0.1, 0.15) is 29.3 Å². The molecule has 0 aliphatic heterocycles. The third-order valence-corrected chi connectivity index (χ3v) is 3.75. The summed E-state index contributed by atoms with van der Waals surface area (Å²) in [5, 5.41) is 9.09. The van der Waals surface area contributed by atoms with Crippen LogP contribution in [0.4, 0.5) is 0 Å². The van der Waals surface area contributed by atoms with Crippen LogP contribution in [0.2, 0.25) is 0 Å². The second kappa shape index (κ2) is 8.70. The first-order valence-electron chi connectivity index (χ1n) is 7.40. The lowest BCUT2D eigenvalue weighted by molar-refractivity contribution is 0.0393. The van der Waals surface area contributed by atoms with E-state index in [1.807, 2.05) is 37.3 Å². The molecular weight excluding hydrogens is 360 g/mol. The van der Waals surface area contributed by atoms with Crippen LogP contribution in [0.3, 0.4) is 0 Å². The summed E-state index contributed by atoms with van der Waals surface area (Å²) in [7, 11) is 0. The molecule has 0 amide bonds. The summed E-state index contributed by atoms with van der Waals surface area (Å²) in [5.41, 5.74) is 1.30. The standard InChI is InChI=1S/C18H19BrO4/c1-2-16(12-22-11-13-6-4-3-5-7-13)23-17-9-14(18(20)21)8-15(19)10-17/h3-10,16H,2,11-12H2,1H3,(H,20,21). The van der Waals surface area contributed by atoms with Gasteiger partial charge < -0.3 is 14.6 Å². The first-order chi connectivity index (χ1) is 11.1. The third-order valence-electron chi connectivity index (χ3n) is 3.29. The van der Waals surface area contributed by atoms with Gasteiger partial charge in [-0.2, -0.15) is 0 Å². The molecule has 0 radical (unpaired) electrons. The molecule has 23 heavy (non-hydrogen) atoms. The molecule has 1 atom stereocenters. The maximum Gasteiger partial charge on any atom is 0.335 e. The molecule has 0 saturated carbocycles. The SMILES string of the molecule is CCC(COCc1ccccc1)Oc1cc(Br)cc(C(=O)O)c1. The molecule has 0 bridgehead atoms. The van der Waals surface area contributed by atoms with E-state index in [-0.39, 0.29) is 11.7 Å². The summed E-state index contributed by atoms with van der Waals surface area (Å²) < 4.78 is 12.2. The van der Waals surface area contributed by atoms with E-state index in [1.54, 1.807) is 12.1 Å². The third kappa shape index (κ3) is 5.69. The largest absolute Gasteiger partial charge is 0.488 e. The highest BCUT2D eigenvalue weighted by Crippen LogP contribution is 2.23. The van der Waals surface area contributed by atoms with E-state index >= 15 is 0 Å². The van der Waals surface area contributed by atoms with Crippen molar-refractivity contribution in [2.24, 2.45) is 0 Å². The van der Waals surface area contributed by atoms with Crippen LogP contribution in [-0.4, -0.2) is 23.8 Å². The van der Waals surface area contributed by atoms with Crippen molar-refractivity contribution in [2.45, 2.75) is 26.1 Å². The molecule has 0 aliphatic rings. The lowest BCUT2D eigenvalue weighted by Crippen LogP contribution is -2.22. The van der Waals surface area contributed by atoms with E-state index in [1.165, 1.54) is 6.07 Å². The van der Waals surface area contributed by atoms with Gasteiger partial charge >= 0.3 is 5.97 Å². The Hall–Kier alpha value is -1.85. The molecular formula is C18H19BrO4. The Kier molecular flexibility index (Phi) is 6.62. The highest BCUT2D eigenvalue weighted by molar-refractivity contribution is 9.10. The molecule has 0 saturated heterocycles. The van der Waals surface area contributed by atoms with Gasteiger partial charge in [0.15, 0.2) is 0 Å². The molecule has 5 heteroatoms. The number of carboxylic acids is 1. The normalized spacial score (nSPS) is 11.9.